The first-order valence-electron chi connectivity index (χ1n) is 10.2. The molecular weight excluding hydrogens is 402 g/mol. The van der Waals surface area contributed by atoms with Crippen molar-refractivity contribution in [3.63, 3.8) is 0 Å². The van der Waals surface area contributed by atoms with E-state index in [-0.39, 0.29) is 19.4 Å². The van der Waals surface area contributed by atoms with Gasteiger partial charge >= 0.3 is 5.97 Å². The van der Waals surface area contributed by atoms with Crippen LogP contribution in [0, 0.1) is 6.92 Å². The molecular formula is C23H25NO7. The summed E-state index contributed by atoms with van der Waals surface area (Å²) in [6, 6.07) is 3.35. The number of carbonyl (C=O) groups excluding carboxylic acids is 1. The molecule has 3 aliphatic rings. The molecule has 5 rings (SSSR count). The topological polar surface area (TPSA) is 86.7 Å². The lowest BCUT2D eigenvalue weighted by Gasteiger charge is -2.39. The van der Waals surface area contributed by atoms with Crippen LogP contribution >= 0.6 is 0 Å². The van der Waals surface area contributed by atoms with Crippen molar-refractivity contribution in [3.05, 3.63) is 45.5 Å². The van der Waals surface area contributed by atoms with Gasteiger partial charge in [0.15, 0.2) is 23.0 Å². The van der Waals surface area contributed by atoms with E-state index < -0.39 is 12.1 Å². The minimum absolute atomic E-state index is 0.130. The highest BCUT2D eigenvalue weighted by Crippen LogP contribution is 2.53. The Bertz CT molecular complexity index is 1080. The van der Waals surface area contributed by atoms with Crippen LogP contribution < -0.4 is 18.9 Å². The summed E-state index contributed by atoms with van der Waals surface area (Å²) in [4.78, 5) is 15.1. The molecule has 2 atom stereocenters. The van der Waals surface area contributed by atoms with Crippen molar-refractivity contribution in [2.75, 3.05) is 34.6 Å². The number of ether oxygens (including phenoxy) is 5. The lowest BCUT2D eigenvalue weighted by Crippen LogP contribution is -2.37. The fourth-order valence-electron chi connectivity index (χ4n) is 5.15. The number of aliphatic hydroxyl groups is 1. The summed E-state index contributed by atoms with van der Waals surface area (Å²) in [7, 11) is 5.04. The van der Waals surface area contributed by atoms with Crippen molar-refractivity contribution in [1.29, 1.82) is 0 Å². The highest BCUT2D eigenvalue weighted by molar-refractivity contribution is 5.98. The second-order valence-corrected chi connectivity index (χ2v) is 7.99. The van der Waals surface area contributed by atoms with Crippen molar-refractivity contribution in [1.82, 2.24) is 4.90 Å². The molecule has 0 saturated carbocycles. The maximum atomic E-state index is 12.9. The maximum absolute atomic E-state index is 12.9. The van der Waals surface area contributed by atoms with Crippen molar-refractivity contribution < 1.29 is 33.6 Å². The van der Waals surface area contributed by atoms with Crippen LogP contribution in [0.3, 0.4) is 0 Å². The highest BCUT2D eigenvalue weighted by atomic mass is 16.7. The molecule has 0 aliphatic carbocycles. The zero-order chi connectivity index (χ0) is 21.9. The number of aliphatic hydroxyl groups excluding tert-OH is 1. The van der Waals surface area contributed by atoms with Gasteiger partial charge in [0.1, 0.15) is 11.7 Å². The third-order valence-electron chi connectivity index (χ3n) is 6.58. The first-order chi connectivity index (χ1) is 15.0. The number of rotatable bonds is 4. The van der Waals surface area contributed by atoms with E-state index in [2.05, 4.69) is 4.90 Å². The number of esters is 1. The number of methoxy groups -OCH3 is 2. The molecule has 0 radical (unpaired) electrons. The van der Waals surface area contributed by atoms with E-state index in [0.29, 0.717) is 34.1 Å². The summed E-state index contributed by atoms with van der Waals surface area (Å²) >= 11 is 0. The Morgan fingerprint density at radius 2 is 1.97 bits per heavy atom. The molecule has 0 saturated heterocycles. The number of fused-ring (bicyclic) bond motifs is 3. The third kappa shape index (κ3) is 2.71. The van der Waals surface area contributed by atoms with Crippen molar-refractivity contribution in [3.8, 4) is 23.0 Å². The van der Waals surface area contributed by atoms with Crippen LogP contribution in [0.2, 0.25) is 0 Å². The van der Waals surface area contributed by atoms with E-state index in [1.165, 1.54) is 14.2 Å². The average molecular weight is 427 g/mol. The Morgan fingerprint density at radius 3 is 2.68 bits per heavy atom. The SMILES string of the molecule is COc1ccc2c(c1OC)C(=O)O[C@@H]2[C@H]1c2c(c(C)c3c(c2CO)OCO3)CCN1C. The Labute approximate surface area is 180 Å². The fraction of sp³-hybridized carbons (Fsp3) is 0.435. The molecule has 0 spiro atoms. The number of cyclic esters (lactones) is 1. The molecule has 0 unspecified atom stereocenters. The Hall–Kier alpha value is -2.97. The van der Waals surface area contributed by atoms with Crippen LogP contribution in [0.25, 0.3) is 0 Å². The van der Waals surface area contributed by atoms with E-state index in [4.69, 9.17) is 23.7 Å². The highest BCUT2D eigenvalue weighted by Gasteiger charge is 2.46. The Balaban J connectivity index is 1.72. The molecule has 0 fully saturated rings. The van der Waals surface area contributed by atoms with Crippen molar-refractivity contribution in [2.45, 2.75) is 32.1 Å². The minimum atomic E-state index is -0.559. The number of benzene rings is 2. The maximum Gasteiger partial charge on any atom is 0.343 e. The predicted octanol–water partition coefficient (Wildman–Crippen LogP) is 2.67. The fourth-order valence-corrected chi connectivity index (χ4v) is 5.15. The summed E-state index contributed by atoms with van der Waals surface area (Å²) in [5.74, 6) is 1.68. The van der Waals surface area contributed by atoms with Crippen LogP contribution in [0.4, 0.5) is 0 Å². The zero-order valence-electron chi connectivity index (χ0n) is 18.0. The number of hydrogen-bond donors (Lipinski definition) is 1. The van der Waals surface area contributed by atoms with Crippen molar-refractivity contribution in [2.24, 2.45) is 0 Å². The lowest BCUT2D eigenvalue weighted by atomic mass is 9.81. The van der Waals surface area contributed by atoms with Crippen LogP contribution in [0.15, 0.2) is 12.1 Å². The molecule has 8 heteroatoms. The molecule has 2 aromatic rings. The van der Waals surface area contributed by atoms with Gasteiger partial charge in [0.25, 0.3) is 0 Å². The van der Waals surface area contributed by atoms with Crippen LogP contribution in [0.1, 0.15) is 50.3 Å². The van der Waals surface area contributed by atoms with Gasteiger partial charge < -0.3 is 28.8 Å². The van der Waals surface area contributed by atoms with Crippen LogP contribution in [0.5, 0.6) is 23.0 Å². The molecule has 8 nitrogen and oxygen atoms in total. The first kappa shape index (κ1) is 20.0. The van der Waals surface area contributed by atoms with E-state index >= 15 is 0 Å². The van der Waals surface area contributed by atoms with Gasteiger partial charge in [0, 0.05) is 17.7 Å². The standard InChI is InChI=1S/C23H25NO7/c1-11-12-7-8-24(2)18(16(12)14(9-25)21-19(11)29-10-30-21)20-13-5-6-15(27-3)22(28-4)17(13)23(26)31-20/h5-6,18,20,25H,7-10H2,1-4H3/t18-,20+/m1/s1. The predicted molar refractivity (Wildman–Crippen MR) is 110 cm³/mol. The molecule has 3 heterocycles. The number of likely N-dealkylation sites (N-methyl/N-ethyl adjacent to an activating group) is 1. The number of carbonyl (C=O) groups is 1. The number of nitrogens with zero attached hydrogens (tertiary/aromatic N) is 1. The Kier molecular flexibility index (Phi) is 4.71. The van der Waals surface area contributed by atoms with Crippen molar-refractivity contribution >= 4 is 5.97 Å². The normalized spacial score (nSPS) is 21.5. The van der Waals surface area contributed by atoms with E-state index in [0.717, 1.165) is 35.2 Å². The van der Waals surface area contributed by atoms with E-state index in [1.807, 2.05) is 20.0 Å². The van der Waals surface area contributed by atoms with Gasteiger partial charge in [-0.3, -0.25) is 4.90 Å². The van der Waals surface area contributed by atoms with Crippen LogP contribution in [-0.2, 0) is 17.8 Å². The van der Waals surface area contributed by atoms with E-state index in [9.17, 15) is 9.90 Å². The minimum Gasteiger partial charge on any atom is -0.493 e. The summed E-state index contributed by atoms with van der Waals surface area (Å²) in [5, 5.41) is 10.3. The number of hydrogen-bond acceptors (Lipinski definition) is 8. The van der Waals surface area contributed by atoms with Gasteiger partial charge in [-0.05, 0) is 43.1 Å². The summed E-state index contributed by atoms with van der Waals surface area (Å²) in [6.45, 7) is 2.72. The van der Waals surface area contributed by atoms with Gasteiger partial charge in [-0.1, -0.05) is 6.07 Å². The molecule has 31 heavy (non-hydrogen) atoms. The van der Waals surface area contributed by atoms with Gasteiger partial charge in [0.2, 0.25) is 6.79 Å². The van der Waals surface area contributed by atoms with E-state index in [1.54, 1.807) is 6.07 Å². The lowest BCUT2D eigenvalue weighted by molar-refractivity contribution is 0.00885. The van der Waals surface area contributed by atoms with Gasteiger partial charge in [-0.2, -0.15) is 0 Å². The second-order valence-electron chi connectivity index (χ2n) is 7.99. The summed E-state index contributed by atoms with van der Waals surface area (Å²) in [6.07, 6.45) is 0.244. The summed E-state index contributed by atoms with van der Waals surface area (Å²) < 4.78 is 28.2. The van der Waals surface area contributed by atoms with Gasteiger partial charge in [0.05, 0.1) is 26.9 Å². The molecule has 1 N–H and O–H groups in total. The zero-order valence-corrected chi connectivity index (χ0v) is 18.0. The van der Waals surface area contributed by atoms with Gasteiger partial charge in [-0.15, -0.1) is 0 Å². The van der Waals surface area contributed by atoms with Gasteiger partial charge in [-0.25, -0.2) is 4.79 Å². The summed E-state index contributed by atoms with van der Waals surface area (Å²) in [5.41, 5.74) is 4.88. The largest absolute Gasteiger partial charge is 0.493 e. The second kappa shape index (κ2) is 7.32. The first-order valence-corrected chi connectivity index (χ1v) is 10.2. The molecule has 0 aromatic heterocycles. The Morgan fingerprint density at radius 1 is 1.19 bits per heavy atom. The molecule has 2 aromatic carbocycles. The molecule has 0 bridgehead atoms. The van der Waals surface area contributed by atoms with Crippen LogP contribution in [-0.4, -0.2) is 50.6 Å². The smallest absolute Gasteiger partial charge is 0.343 e. The molecule has 0 amide bonds. The molecule has 164 valence electrons. The monoisotopic (exact) mass is 427 g/mol. The third-order valence-corrected chi connectivity index (χ3v) is 6.58. The average Bonchev–Trinajstić information content (AvgIpc) is 3.39. The quantitative estimate of drug-likeness (QED) is 0.746. The molecule has 3 aliphatic heterocycles.